The lowest BCUT2D eigenvalue weighted by molar-refractivity contribution is 0.623. The Bertz CT molecular complexity index is 3240. The molecule has 262 valence electrons. The normalized spacial score (nSPS) is 11.6. The third-order valence-electron chi connectivity index (χ3n) is 11.0. The Hall–Kier alpha value is -7.49. The molecule has 0 aliphatic heterocycles. The van der Waals surface area contributed by atoms with Crippen molar-refractivity contribution in [1.29, 1.82) is 0 Å². The minimum Gasteiger partial charge on any atom is -0.435 e. The zero-order valence-corrected chi connectivity index (χ0v) is 30.4. The van der Waals surface area contributed by atoms with Crippen LogP contribution in [0.15, 0.2) is 211 Å². The fourth-order valence-electron chi connectivity index (χ4n) is 8.40. The molecule has 0 atom stereocenters. The molecule has 10 aromatic carbocycles. The molecule has 0 aliphatic rings. The second kappa shape index (κ2) is 13.1. The average Bonchev–Trinajstić information content (AvgIpc) is 3.72. The van der Waals surface area contributed by atoms with Crippen LogP contribution in [0.3, 0.4) is 0 Å². The van der Waals surface area contributed by atoms with Gasteiger partial charge in [-0.2, -0.15) is 0 Å². The van der Waals surface area contributed by atoms with Crippen LogP contribution in [0.2, 0.25) is 0 Å². The largest absolute Gasteiger partial charge is 0.435 e. The molecule has 0 saturated heterocycles. The molecule has 3 nitrogen and oxygen atoms in total. The van der Waals surface area contributed by atoms with Crippen LogP contribution >= 0.6 is 0 Å². The second-order valence-electron chi connectivity index (χ2n) is 14.3. The zero-order valence-electron chi connectivity index (χ0n) is 30.4. The topological polar surface area (TPSA) is 29.3 Å². The van der Waals surface area contributed by atoms with E-state index < -0.39 is 0 Å². The van der Waals surface area contributed by atoms with Gasteiger partial charge in [-0.1, -0.05) is 152 Å². The van der Waals surface area contributed by atoms with E-state index in [-0.39, 0.29) is 0 Å². The molecule has 1 aromatic heterocycles. The highest BCUT2D eigenvalue weighted by Gasteiger charge is 2.21. The lowest BCUT2D eigenvalue weighted by atomic mass is 9.92. The van der Waals surface area contributed by atoms with Gasteiger partial charge in [0.1, 0.15) is 5.52 Å². The van der Waals surface area contributed by atoms with Gasteiger partial charge in [-0.3, -0.25) is 0 Å². The van der Waals surface area contributed by atoms with Crippen molar-refractivity contribution in [1.82, 2.24) is 4.98 Å². The fourth-order valence-corrected chi connectivity index (χ4v) is 8.40. The molecule has 0 fully saturated rings. The summed E-state index contributed by atoms with van der Waals surface area (Å²) in [6.45, 7) is 0. The van der Waals surface area contributed by atoms with Crippen molar-refractivity contribution in [3.63, 3.8) is 0 Å². The molecule has 1 heterocycles. The van der Waals surface area contributed by atoms with E-state index in [0.29, 0.717) is 5.89 Å². The lowest BCUT2D eigenvalue weighted by Crippen LogP contribution is -2.11. The summed E-state index contributed by atoms with van der Waals surface area (Å²) in [6, 6.07) is 73.7. The summed E-state index contributed by atoms with van der Waals surface area (Å²) in [4.78, 5) is 7.38. The summed E-state index contributed by atoms with van der Waals surface area (Å²) < 4.78 is 6.66. The number of oxazole rings is 1. The summed E-state index contributed by atoms with van der Waals surface area (Å²) in [5, 5.41) is 9.34. The standard InChI is InChI=1S/C53H34N2O/c1-4-14-35(15-5-1)44-22-12-13-23-50(44)55(41-28-26-38-25-24-37-18-10-11-21-43(37)47(38)33-41)42-29-30-45-48(34-42)46(36-16-6-2-7-17-36)32-40-27-31-49-52(51(40)45)56-53(54-49)39-19-8-3-9-20-39/h1-34H. The van der Waals surface area contributed by atoms with Crippen LogP contribution in [0.25, 0.3) is 87.9 Å². The van der Waals surface area contributed by atoms with Crippen LogP contribution in [0.1, 0.15) is 0 Å². The maximum atomic E-state index is 6.66. The average molecular weight is 715 g/mol. The number of para-hydroxylation sites is 1. The minimum absolute atomic E-state index is 0.623. The van der Waals surface area contributed by atoms with Crippen molar-refractivity contribution in [2.45, 2.75) is 0 Å². The lowest BCUT2D eigenvalue weighted by Gasteiger charge is -2.29. The first-order valence-electron chi connectivity index (χ1n) is 19.0. The molecule has 0 unspecified atom stereocenters. The molecule has 0 aliphatic carbocycles. The molecule has 0 radical (unpaired) electrons. The van der Waals surface area contributed by atoms with Crippen LogP contribution in [0, 0.1) is 0 Å². The molecule has 0 spiro atoms. The van der Waals surface area contributed by atoms with Crippen LogP contribution in [0.4, 0.5) is 17.1 Å². The van der Waals surface area contributed by atoms with Gasteiger partial charge < -0.3 is 9.32 Å². The molecule has 0 N–H and O–H groups in total. The van der Waals surface area contributed by atoms with Crippen molar-refractivity contribution >= 4 is 71.3 Å². The predicted molar refractivity (Wildman–Crippen MR) is 235 cm³/mol. The van der Waals surface area contributed by atoms with E-state index >= 15 is 0 Å². The molecular weight excluding hydrogens is 681 g/mol. The summed E-state index contributed by atoms with van der Waals surface area (Å²) in [5.41, 5.74) is 10.5. The number of rotatable bonds is 6. The van der Waals surface area contributed by atoms with Gasteiger partial charge in [-0.25, -0.2) is 4.98 Å². The van der Waals surface area contributed by atoms with E-state index in [9.17, 15) is 0 Å². The molecule has 56 heavy (non-hydrogen) atoms. The third-order valence-corrected chi connectivity index (χ3v) is 11.0. The SMILES string of the molecule is c1ccc(-c2nc3ccc4cc(-c5ccccc5)c5cc(N(c6ccc7ccc8ccccc8c7c6)c6ccccc6-c6ccccc6)ccc5c4c3o2)cc1. The number of fused-ring (bicyclic) bond motifs is 8. The first-order valence-corrected chi connectivity index (χ1v) is 19.0. The van der Waals surface area contributed by atoms with Crippen molar-refractivity contribution in [2.75, 3.05) is 4.90 Å². The van der Waals surface area contributed by atoms with E-state index in [0.717, 1.165) is 77.5 Å². The monoisotopic (exact) mass is 714 g/mol. The van der Waals surface area contributed by atoms with Crippen molar-refractivity contribution in [3.8, 4) is 33.7 Å². The first kappa shape index (κ1) is 32.0. The molecule has 3 heteroatoms. The molecule has 11 aromatic rings. The smallest absolute Gasteiger partial charge is 0.227 e. The highest BCUT2D eigenvalue weighted by molar-refractivity contribution is 6.22. The third kappa shape index (κ3) is 5.32. The molecule has 0 amide bonds. The maximum absolute atomic E-state index is 6.66. The Morgan fingerprint density at radius 3 is 1.71 bits per heavy atom. The number of aromatic nitrogens is 1. The van der Waals surface area contributed by atoms with Gasteiger partial charge >= 0.3 is 0 Å². The van der Waals surface area contributed by atoms with Gasteiger partial charge in [0.05, 0.1) is 5.69 Å². The Morgan fingerprint density at radius 2 is 0.946 bits per heavy atom. The predicted octanol–water partition coefficient (Wildman–Crippen LogP) is 14.9. The van der Waals surface area contributed by atoms with E-state index in [4.69, 9.17) is 9.40 Å². The van der Waals surface area contributed by atoms with Crippen molar-refractivity contribution < 1.29 is 4.42 Å². The Morgan fingerprint density at radius 1 is 0.375 bits per heavy atom. The Labute approximate surface area is 324 Å². The fraction of sp³-hybridized carbons (Fsp3) is 0. The number of nitrogens with zero attached hydrogens (tertiary/aromatic N) is 2. The minimum atomic E-state index is 0.623. The van der Waals surface area contributed by atoms with Gasteiger partial charge in [0.15, 0.2) is 5.58 Å². The summed E-state index contributed by atoms with van der Waals surface area (Å²) >= 11 is 0. The summed E-state index contributed by atoms with van der Waals surface area (Å²) in [6.07, 6.45) is 0. The van der Waals surface area contributed by atoms with Gasteiger partial charge in [0.25, 0.3) is 0 Å². The summed E-state index contributed by atoms with van der Waals surface area (Å²) in [7, 11) is 0. The summed E-state index contributed by atoms with van der Waals surface area (Å²) in [5.74, 6) is 0.623. The Kier molecular flexibility index (Phi) is 7.49. The molecular formula is C53H34N2O. The number of hydrogen-bond acceptors (Lipinski definition) is 3. The Balaban J connectivity index is 1.21. The quantitative estimate of drug-likeness (QED) is 0.161. The van der Waals surface area contributed by atoms with Gasteiger partial charge in [0.2, 0.25) is 5.89 Å². The van der Waals surface area contributed by atoms with E-state index in [2.05, 4.69) is 181 Å². The van der Waals surface area contributed by atoms with Crippen LogP contribution in [-0.2, 0) is 0 Å². The zero-order chi connectivity index (χ0) is 37.0. The van der Waals surface area contributed by atoms with Gasteiger partial charge in [-0.05, 0) is 109 Å². The van der Waals surface area contributed by atoms with Crippen LogP contribution in [0.5, 0.6) is 0 Å². The van der Waals surface area contributed by atoms with E-state index in [1.165, 1.54) is 21.5 Å². The highest BCUT2D eigenvalue weighted by atomic mass is 16.3. The number of benzene rings is 10. The van der Waals surface area contributed by atoms with E-state index in [1.54, 1.807) is 0 Å². The van der Waals surface area contributed by atoms with E-state index in [1.807, 2.05) is 30.3 Å². The molecule has 11 rings (SSSR count). The number of anilines is 3. The number of hydrogen-bond donors (Lipinski definition) is 0. The molecule has 0 bridgehead atoms. The van der Waals surface area contributed by atoms with Crippen LogP contribution in [-0.4, -0.2) is 4.98 Å². The highest BCUT2D eigenvalue weighted by Crippen LogP contribution is 2.46. The van der Waals surface area contributed by atoms with Crippen molar-refractivity contribution in [3.05, 3.63) is 206 Å². The second-order valence-corrected chi connectivity index (χ2v) is 14.3. The van der Waals surface area contributed by atoms with Crippen molar-refractivity contribution in [2.24, 2.45) is 0 Å². The van der Waals surface area contributed by atoms with Gasteiger partial charge in [-0.15, -0.1) is 0 Å². The van der Waals surface area contributed by atoms with Crippen LogP contribution < -0.4 is 4.90 Å². The molecule has 0 saturated carbocycles. The maximum Gasteiger partial charge on any atom is 0.227 e. The van der Waals surface area contributed by atoms with Gasteiger partial charge in [0, 0.05) is 27.9 Å². The first-order chi connectivity index (χ1) is 27.8.